The number of halogens is 2. The zero-order valence-corrected chi connectivity index (χ0v) is 13.7. The minimum atomic E-state index is -0.361. The molecule has 0 heterocycles. The third-order valence-electron chi connectivity index (χ3n) is 2.61. The Morgan fingerprint density at radius 1 is 1.24 bits per heavy atom. The van der Waals surface area contributed by atoms with Gasteiger partial charge in [-0.2, -0.15) is 0 Å². The molecule has 110 valence electrons. The second-order valence-corrected chi connectivity index (χ2v) is 5.40. The Kier molecular flexibility index (Phi) is 5.47. The van der Waals surface area contributed by atoms with Crippen LogP contribution in [0, 0.1) is 0 Å². The van der Waals surface area contributed by atoms with Crippen LogP contribution in [0.1, 0.15) is 6.92 Å². The molecule has 0 aliphatic heterocycles. The van der Waals surface area contributed by atoms with E-state index in [1.54, 1.807) is 30.3 Å². The van der Waals surface area contributed by atoms with Crippen LogP contribution in [0.5, 0.6) is 5.75 Å². The predicted molar refractivity (Wildman–Crippen MR) is 89.4 cm³/mol. The molecule has 2 aromatic carbocycles. The van der Waals surface area contributed by atoms with Crippen molar-refractivity contribution in [2.24, 2.45) is 0 Å². The summed E-state index contributed by atoms with van der Waals surface area (Å²) in [7, 11) is 0. The number of hydrogen-bond donors (Lipinski definition) is 2. The van der Waals surface area contributed by atoms with E-state index in [9.17, 15) is 4.79 Å². The number of carbonyl (C=O) groups is 1. The fraction of sp³-hybridized carbons (Fsp3) is 0.133. The summed E-state index contributed by atoms with van der Waals surface area (Å²) in [6.45, 7) is 2.42. The van der Waals surface area contributed by atoms with Crippen molar-refractivity contribution in [2.75, 3.05) is 17.2 Å². The number of anilines is 2. The van der Waals surface area contributed by atoms with Crippen LogP contribution in [0.4, 0.5) is 16.2 Å². The lowest BCUT2D eigenvalue weighted by Crippen LogP contribution is -2.19. The third kappa shape index (κ3) is 4.37. The van der Waals surface area contributed by atoms with E-state index in [0.717, 1.165) is 4.47 Å². The van der Waals surface area contributed by atoms with Gasteiger partial charge in [-0.25, -0.2) is 4.79 Å². The SMILES string of the molecule is CCOc1ccccc1NC(=O)Nc1ccc(Br)c(Cl)c1. The Bertz CT molecular complexity index is 649. The number of nitrogens with one attached hydrogen (secondary N) is 2. The summed E-state index contributed by atoms with van der Waals surface area (Å²) in [5.74, 6) is 0.629. The Morgan fingerprint density at radius 2 is 2.00 bits per heavy atom. The number of carbonyl (C=O) groups excluding carboxylic acids is 1. The van der Waals surface area contributed by atoms with E-state index in [0.29, 0.717) is 28.8 Å². The van der Waals surface area contributed by atoms with E-state index in [2.05, 4.69) is 26.6 Å². The average Bonchev–Trinajstić information content (AvgIpc) is 2.45. The van der Waals surface area contributed by atoms with Crippen molar-refractivity contribution in [2.45, 2.75) is 6.92 Å². The lowest BCUT2D eigenvalue weighted by Gasteiger charge is -2.12. The molecular weight excluding hydrogens is 356 g/mol. The van der Waals surface area contributed by atoms with Crippen molar-refractivity contribution in [1.82, 2.24) is 0 Å². The summed E-state index contributed by atoms with van der Waals surface area (Å²) in [5.41, 5.74) is 1.22. The molecule has 0 unspecified atom stereocenters. The van der Waals surface area contributed by atoms with Gasteiger partial charge < -0.3 is 15.4 Å². The summed E-state index contributed by atoms with van der Waals surface area (Å²) < 4.78 is 6.23. The maximum absolute atomic E-state index is 12.0. The summed E-state index contributed by atoms with van der Waals surface area (Å²) >= 11 is 9.28. The fourth-order valence-corrected chi connectivity index (χ4v) is 2.14. The first kappa shape index (κ1) is 15.7. The van der Waals surface area contributed by atoms with Crippen LogP contribution in [-0.4, -0.2) is 12.6 Å². The second-order valence-electron chi connectivity index (χ2n) is 4.14. The van der Waals surface area contributed by atoms with Gasteiger partial charge in [-0.3, -0.25) is 0 Å². The highest BCUT2D eigenvalue weighted by Gasteiger charge is 2.08. The number of urea groups is 1. The van der Waals surface area contributed by atoms with E-state index in [4.69, 9.17) is 16.3 Å². The molecular formula is C15H14BrClN2O2. The monoisotopic (exact) mass is 368 g/mol. The second kappa shape index (κ2) is 7.33. The smallest absolute Gasteiger partial charge is 0.323 e. The van der Waals surface area contributed by atoms with Crippen molar-refractivity contribution in [3.05, 3.63) is 52.0 Å². The van der Waals surface area contributed by atoms with Gasteiger partial charge in [0.15, 0.2) is 0 Å². The number of benzene rings is 2. The van der Waals surface area contributed by atoms with Crippen LogP contribution >= 0.6 is 27.5 Å². The first-order chi connectivity index (χ1) is 10.1. The van der Waals surface area contributed by atoms with Crippen molar-refractivity contribution >= 4 is 44.9 Å². The predicted octanol–water partition coefficient (Wildman–Crippen LogP) is 5.15. The summed E-state index contributed by atoms with van der Waals surface area (Å²) in [6, 6.07) is 12.1. The molecule has 0 aliphatic carbocycles. The number of ether oxygens (including phenoxy) is 1. The third-order valence-corrected chi connectivity index (χ3v) is 3.85. The van der Waals surface area contributed by atoms with E-state index < -0.39 is 0 Å². The van der Waals surface area contributed by atoms with Gasteiger partial charge in [-0.15, -0.1) is 0 Å². The largest absolute Gasteiger partial charge is 0.492 e. The molecule has 2 rings (SSSR count). The van der Waals surface area contributed by atoms with Gasteiger partial charge in [-0.1, -0.05) is 23.7 Å². The van der Waals surface area contributed by atoms with Crippen LogP contribution in [0.3, 0.4) is 0 Å². The van der Waals surface area contributed by atoms with Crippen molar-refractivity contribution < 1.29 is 9.53 Å². The quantitative estimate of drug-likeness (QED) is 0.783. The van der Waals surface area contributed by atoms with Crippen LogP contribution in [0.25, 0.3) is 0 Å². The lowest BCUT2D eigenvalue weighted by atomic mass is 10.3. The maximum atomic E-state index is 12.0. The number of hydrogen-bond acceptors (Lipinski definition) is 2. The maximum Gasteiger partial charge on any atom is 0.323 e. The van der Waals surface area contributed by atoms with Crippen molar-refractivity contribution in [3.8, 4) is 5.75 Å². The molecule has 2 N–H and O–H groups in total. The normalized spacial score (nSPS) is 10.0. The first-order valence-corrected chi connectivity index (χ1v) is 7.52. The molecule has 0 bridgehead atoms. The van der Waals surface area contributed by atoms with Gasteiger partial charge in [-0.05, 0) is 53.2 Å². The molecule has 2 aromatic rings. The van der Waals surface area contributed by atoms with E-state index >= 15 is 0 Å². The zero-order valence-electron chi connectivity index (χ0n) is 11.3. The Labute approximate surface area is 136 Å². The van der Waals surface area contributed by atoms with E-state index in [1.807, 2.05) is 19.1 Å². The van der Waals surface area contributed by atoms with Gasteiger partial charge in [0.05, 0.1) is 17.3 Å². The highest BCUT2D eigenvalue weighted by molar-refractivity contribution is 9.10. The van der Waals surface area contributed by atoms with Crippen LogP contribution in [0.2, 0.25) is 5.02 Å². The summed E-state index contributed by atoms with van der Waals surface area (Å²) in [4.78, 5) is 12.0. The molecule has 0 aliphatic rings. The molecule has 4 nitrogen and oxygen atoms in total. The molecule has 0 saturated carbocycles. The topological polar surface area (TPSA) is 50.4 Å². The van der Waals surface area contributed by atoms with Gasteiger partial charge >= 0.3 is 6.03 Å². The minimum Gasteiger partial charge on any atom is -0.492 e. The van der Waals surface area contributed by atoms with Crippen molar-refractivity contribution in [1.29, 1.82) is 0 Å². The standard InChI is InChI=1S/C15H14BrClN2O2/c1-2-21-14-6-4-3-5-13(14)19-15(20)18-10-7-8-11(16)12(17)9-10/h3-9H,2H2,1H3,(H2,18,19,20). The Balaban J connectivity index is 2.06. The van der Waals surface area contributed by atoms with Crippen molar-refractivity contribution in [3.63, 3.8) is 0 Å². The first-order valence-electron chi connectivity index (χ1n) is 6.35. The Hall–Kier alpha value is -1.72. The zero-order chi connectivity index (χ0) is 15.2. The van der Waals surface area contributed by atoms with Crippen LogP contribution in [-0.2, 0) is 0 Å². The summed E-state index contributed by atoms with van der Waals surface area (Å²) in [5, 5.41) is 6.00. The molecule has 6 heteroatoms. The molecule has 0 atom stereocenters. The molecule has 21 heavy (non-hydrogen) atoms. The van der Waals surface area contributed by atoms with Gasteiger partial charge in [0.25, 0.3) is 0 Å². The molecule has 0 aromatic heterocycles. The molecule has 0 spiro atoms. The number of para-hydroxylation sites is 2. The highest BCUT2D eigenvalue weighted by atomic mass is 79.9. The highest BCUT2D eigenvalue weighted by Crippen LogP contribution is 2.26. The molecule has 0 saturated heterocycles. The minimum absolute atomic E-state index is 0.361. The van der Waals surface area contributed by atoms with Gasteiger partial charge in [0.2, 0.25) is 0 Å². The van der Waals surface area contributed by atoms with E-state index in [-0.39, 0.29) is 6.03 Å². The Morgan fingerprint density at radius 3 is 2.71 bits per heavy atom. The molecule has 0 radical (unpaired) electrons. The molecule has 2 amide bonds. The average molecular weight is 370 g/mol. The fourth-order valence-electron chi connectivity index (χ4n) is 1.71. The van der Waals surface area contributed by atoms with E-state index in [1.165, 1.54) is 0 Å². The molecule has 0 fully saturated rings. The van der Waals surface area contributed by atoms with Crippen LogP contribution < -0.4 is 15.4 Å². The van der Waals surface area contributed by atoms with Gasteiger partial charge in [0, 0.05) is 10.2 Å². The summed E-state index contributed by atoms with van der Waals surface area (Å²) in [6.07, 6.45) is 0. The lowest BCUT2D eigenvalue weighted by molar-refractivity contribution is 0.262. The van der Waals surface area contributed by atoms with Crippen LogP contribution in [0.15, 0.2) is 46.9 Å². The number of rotatable bonds is 4. The van der Waals surface area contributed by atoms with Gasteiger partial charge in [0.1, 0.15) is 5.75 Å². The number of amides is 2.